The molecule has 0 aromatic heterocycles. The Bertz CT molecular complexity index is 595. The highest BCUT2D eigenvalue weighted by Gasteiger charge is 2.43. The molecule has 1 aliphatic carbocycles. The second-order valence-electron chi connectivity index (χ2n) is 5.59. The molecule has 1 aliphatic rings. The van der Waals surface area contributed by atoms with Crippen molar-refractivity contribution in [3.8, 4) is 0 Å². The van der Waals surface area contributed by atoms with Crippen molar-refractivity contribution in [3.05, 3.63) is 69.7 Å². The fourth-order valence-electron chi connectivity index (χ4n) is 3.02. The van der Waals surface area contributed by atoms with Crippen LogP contribution in [0.3, 0.4) is 0 Å². The largest absolute Gasteiger partial charge is 0.271 e. The zero-order chi connectivity index (χ0) is 14.8. The van der Waals surface area contributed by atoms with E-state index in [1.807, 2.05) is 24.3 Å². The first-order chi connectivity index (χ1) is 10.2. The third kappa shape index (κ3) is 3.24. The summed E-state index contributed by atoms with van der Waals surface area (Å²) >= 11 is 12.5. The van der Waals surface area contributed by atoms with Crippen LogP contribution in [0.5, 0.6) is 0 Å². The van der Waals surface area contributed by atoms with Gasteiger partial charge in [-0.05, 0) is 47.9 Å². The number of nitrogens with two attached hydrogens (primary N) is 1. The first-order valence-electron chi connectivity index (χ1n) is 7.14. The maximum absolute atomic E-state index is 6.26. The van der Waals surface area contributed by atoms with Crippen LogP contribution in [-0.2, 0) is 6.42 Å². The van der Waals surface area contributed by atoms with Gasteiger partial charge >= 0.3 is 0 Å². The number of halogens is 2. The highest BCUT2D eigenvalue weighted by Crippen LogP contribution is 2.50. The predicted molar refractivity (Wildman–Crippen MR) is 88.6 cm³/mol. The van der Waals surface area contributed by atoms with Gasteiger partial charge in [0, 0.05) is 16.1 Å². The van der Waals surface area contributed by atoms with Gasteiger partial charge in [0.1, 0.15) is 0 Å². The maximum atomic E-state index is 6.26. The summed E-state index contributed by atoms with van der Waals surface area (Å²) in [7, 11) is 0. The number of hydrazine groups is 1. The van der Waals surface area contributed by atoms with Gasteiger partial charge in [-0.25, -0.2) is 0 Å². The molecular weight excluding hydrogens is 303 g/mol. The summed E-state index contributed by atoms with van der Waals surface area (Å²) < 4.78 is 0. The van der Waals surface area contributed by atoms with Crippen molar-refractivity contribution in [1.29, 1.82) is 0 Å². The Morgan fingerprint density at radius 3 is 2.33 bits per heavy atom. The molecule has 2 aromatic rings. The van der Waals surface area contributed by atoms with Crippen molar-refractivity contribution < 1.29 is 0 Å². The Balaban J connectivity index is 1.73. The van der Waals surface area contributed by atoms with Gasteiger partial charge < -0.3 is 0 Å². The maximum Gasteiger partial charge on any atom is 0.0453 e. The Morgan fingerprint density at radius 2 is 1.71 bits per heavy atom. The number of rotatable bonds is 5. The van der Waals surface area contributed by atoms with Crippen molar-refractivity contribution >= 4 is 23.2 Å². The molecule has 21 heavy (non-hydrogen) atoms. The van der Waals surface area contributed by atoms with Gasteiger partial charge in [0.05, 0.1) is 0 Å². The fourth-order valence-corrected chi connectivity index (χ4v) is 3.58. The van der Waals surface area contributed by atoms with Gasteiger partial charge in [-0.3, -0.25) is 11.3 Å². The van der Waals surface area contributed by atoms with Gasteiger partial charge in [0.15, 0.2) is 0 Å². The second kappa shape index (κ2) is 6.37. The van der Waals surface area contributed by atoms with Gasteiger partial charge in [0.2, 0.25) is 0 Å². The lowest BCUT2D eigenvalue weighted by molar-refractivity contribution is 0.464. The number of hydrogen-bond acceptors (Lipinski definition) is 2. The third-order valence-electron chi connectivity index (χ3n) is 4.28. The molecule has 0 aliphatic heterocycles. The predicted octanol–water partition coefficient (Wildman–Crippen LogP) is 4.17. The molecule has 3 unspecified atom stereocenters. The van der Waals surface area contributed by atoms with Crippen molar-refractivity contribution in [2.75, 3.05) is 0 Å². The number of benzene rings is 2. The van der Waals surface area contributed by atoms with E-state index in [1.54, 1.807) is 0 Å². The van der Waals surface area contributed by atoms with Crippen molar-refractivity contribution in [1.82, 2.24) is 5.43 Å². The fraction of sp³-hybridized carbons (Fsp3) is 0.294. The van der Waals surface area contributed by atoms with Crippen LogP contribution in [-0.4, -0.2) is 6.04 Å². The molecule has 0 amide bonds. The zero-order valence-electron chi connectivity index (χ0n) is 11.6. The summed E-state index contributed by atoms with van der Waals surface area (Å²) in [6, 6.07) is 16.4. The van der Waals surface area contributed by atoms with E-state index in [2.05, 4.69) is 29.7 Å². The van der Waals surface area contributed by atoms with Crippen LogP contribution in [0.15, 0.2) is 48.5 Å². The molecule has 0 radical (unpaired) electrons. The molecular formula is C17H18Cl2N2. The molecule has 2 aromatic carbocycles. The van der Waals surface area contributed by atoms with Crippen LogP contribution in [0.4, 0.5) is 0 Å². The minimum absolute atomic E-state index is 0.188. The lowest BCUT2D eigenvalue weighted by atomic mass is 9.99. The van der Waals surface area contributed by atoms with Crippen LogP contribution in [0, 0.1) is 5.92 Å². The summed E-state index contributed by atoms with van der Waals surface area (Å²) in [5.41, 5.74) is 5.31. The van der Waals surface area contributed by atoms with Crippen molar-refractivity contribution in [3.63, 3.8) is 0 Å². The summed E-state index contributed by atoms with van der Waals surface area (Å²) in [6.07, 6.45) is 1.91. The lowest BCUT2D eigenvalue weighted by Crippen LogP contribution is -2.39. The quantitative estimate of drug-likeness (QED) is 0.641. The standard InChI is InChI=1S/C17H18Cl2N2/c18-15-7-4-8-16(19)14(15)10-17(21-20)13-9-12(13)11-5-2-1-3-6-11/h1-8,12-13,17,21H,9-10,20H2. The molecule has 0 bridgehead atoms. The van der Waals surface area contributed by atoms with E-state index in [1.165, 1.54) is 5.56 Å². The molecule has 3 rings (SSSR count). The minimum atomic E-state index is 0.188. The Morgan fingerprint density at radius 1 is 1.05 bits per heavy atom. The Labute approximate surface area is 135 Å². The van der Waals surface area contributed by atoms with Crippen LogP contribution in [0.25, 0.3) is 0 Å². The highest BCUT2D eigenvalue weighted by atomic mass is 35.5. The summed E-state index contributed by atoms with van der Waals surface area (Å²) in [4.78, 5) is 0. The molecule has 0 heterocycles. The Hall–Kier alpha value is -1.06. The third-order valence-corrected chi connectivity index (χ3v) is 4.99. The second-order valence-corrected chi connectivity index (χ2v) is 6.41. The summed E-state index contributed by atoms with van der Waals surface area (Å²) in [6.45, 7) is 0. The first kappa shape index (κ1) is 14.9. The molecule has 3 atom stereocenters. The number of hydrogen-bond donors (Lipinski definition) is 2. The normalized spacial score (nSPS) is 22.0. The monoisotopic (exact) mass is 320 g/mol. The lowest BCUT2D eigenvalue weighted by Gasteiger charge is -2.18. The highest BCUT2D eigenvalue weighted by molar-refractivity contribution is 6.36. The molecule has 4 heteroatoms. The SMILES string of the molecule is NNC(Cc1c(Cl)cccc1Cl)C1CC1c1ccccc1. The molecule has 110 valence electrons. The van der Waals surface area contributed by atoms with E-state index in [9.17, 15) is 0 Å². The topological polar surface area (TPSA) is 38.0 Å². The van der Waals surface area contributed by atoms with Crippen LogP contribution in [0.2, 0.25) is 10.0 Å². The van der Waals surface area contributed by atoms with E-state index in [0.29, 0.717) is 21.9 Å². The van der Waals surface area contributed by atoms with Gasteiger partial charge in [-0.1, -0.05) is 59.6 Å². The smallest absolute Gasteiger partial charge is 0.0453 e. The van der Waals surface area contributed by atoms with E-state index in [0.717, 1.165) is 18.4 Å². The summed E-state index contributed by atoms with van der Waals surface area (Å²) in [5.74, 6) is 6.88. The minimum Gasteiger partial charge on any atom is -0.271 e. The van der Waals surface area contributed by atoms with E-state index >= 15 is 0 Å². The average molecular weight is 321 g/mol. The molecule has 2 nitrogen and oxygen atoms in total. The van der Waals surface area contributed by atoms with E-state index in [-0.39, 0.29) is 6.04 Å². The van der Waals surface area contributed by atoms with E-state index < -0.39 is 0 Å². The van der Waals surface area contributed by atoms with Crippen LogP contribution >= 0.6 is 23.2 Å². The van der Waals surface area contributed by atoms with Gasteiger partial charge in [0.25, 0.3) is 0 Å². The van der Waals surface area contributed by atoms with E-state index in [4.69, 9.17) is 29.0 Å². The summed E-state index contributed by atoms with van der Waals surface area (Å²) in [5, 5.41) is 1.42. The Kier molecular flexibility index (Phi) is 4.51. The molecule has 0 saturated heterocycles. The molecule has 1 fully saturated rings. The van der Waals surface area contributed by atoms with Gasteiger partial charge in [-0.15, -0.1) is 0 Å². The van der Waals surface area contributed by atoms with Crippen LogP contribution in [0.1, 0.15) is 23.5 Å². The van der Waals surface area contributed by atoms with Gasteiger partial charge in [-0.2, -0.15) is 0 Å². The first-order valence-corrected chi connectivity index (χ1v) is 7.90. The van der Waals surface area contributed by atoms with Crippen LogP contribution < -0.4 is 11.3 Å². The van der Waals surface area contributed by atoms with Crippen molar-refractivity contribution in [2.24, 2.45) is 11.8 Å². The molecule has 3 N–H and O–H groups in total. The molecule has 1 saturated carbocycles. The average Bonchev–Trinajstić information content (AvgIpc) is 3.28. The number of nitrogens with one attached hydrogen (secondary N) is 1. The molecule has 0 spiro atoms. The van der Waals surface area contributed by atoms with Crippen molar-refractivity contribution in [2.45, 2.75) is 24.8 Å². The zero-order valence-corrected chi connectivity index (χ0v) is 13.1.